The summed E-state index contributed by atoms with van der Waals surface area (Å²) in [5.74, 6) is -0.128. The van der Waals surface area contributed by atoms with Crippen LogP contribution in [-0.2, 0) is 4.79 Å². The van der Waals surface area contributed by atoms with Gasteiger partial charge in [-0.05, 0) is 54.7 Å². The highest BCUT2D eigenvalue weighted by Gasteiger charge is 2.77. The number of carbonyl (C=O) groups is 1. The van der Waals surface area contributed by atoms with Gasteiger partial charge in [0.1, 0.15) is 11.6 Å². The zero-order chi connectivity index (χ0) is 22.7. The quantitative estimate of drug-likeness (QED) is 0.478. The van der Waals surface area contributed by atoms with Crippen LogP contribution in [0.5, 0.6) is 0 Å². The molecule has 7 heteroatoms. The standard InChI is InChI=1S/C26H22Cl2FN3O/c27-19-7-3-1-5-16(19)24(17-6-2-4-8-20(17)28)32-21-11-12-26(21)18(13-22(26)32)25(33)31-23-10-9-15(29)14-30-23/h1-10,14,18,21-22,24H,11-13H2,(H,30,31,33). The van der Waals surface area contributed by atoms with Crippen molar-refractivity contribution in [3.05, 3.63) is 93.8 Å². The van der Waals surface area contributed by atoms with Gasteiger partial charge in [-0.3, -0.25) is 9.69 Å². The molecule has 3 aliphatic rings. The summed E-state index contributed by atoms with van der Waals surface area (Å²) >= 11 is 13.3. The minimum atomic E-state index is -0.422. The molecule has 2 aliphatic carbocycles. The molecule has 1 aromatic heterocycles. The summed E-state index contributed by atoms with van der Waals surface area (Å²) in [6.45, 7) is 0. The van der Waals surface area contributed by atoms with Gasteiger partial charge in [-0.25, -0.2) is 9.37 Å². The number of halogens is 3. The third-order valence-corrected chi connectivity index (χ3v) is 8.60. The third kappa shape index (κ3) is 3.06. The first kappa shape index (κ1) is 21.1. The van der Waals surface area contributed by atoms with Crippen LogP contribution in [0.3, 0.4) is 0 Å². The molecule has 1 aliphatic heterocycles. The lowest BCUT2D eigenvalue weighted by atomic mass is 9.37. The van der Waals surface area contributed by atoms with E-state index >= 15 is 0 Å². The Hall–Kier alpha value is -2.47. The Kier molecular flexibility index (Phi) is 4.98. The Balaban J connectivity index is 1.29. The number of hydrogen-bond donors (Lipinski definition) is 1. The second-order valence-electron chi connectivity index (χ2n) is 9.21. The van der Waals surface area contributed by atoms with E-state index in [0.717, 1.165) is 46.6 Å². The summed E-state index contributed by atoms with van der Waals surface area (Å²) in [7, 11) is 0. The molecule has 4 atom stereocenters. The number of hydrogen-bond acceptors (Lipinski definition) is 3. The molecule has 1 N–H and O–H groups in total. The summed E-state index contributed by atoms with van der Waals surface area (Å²) in [5, 5.41) is 4.32. The van der Waals surface area contributed by atoms with Crippen LogP contribution < -0.4 is 5.32 Å². The van der Waals surface area contributed by atoms with Gasteiger partial charge in [0.25, 0.3) is 0 Å². The first-order chi connectivity index (χ1) is 16.0. The normalized spacial score (nSPS) is 27.6. The molecule has 33 heavy (non-hydrogen) atoms. The Morgan fingerprint density at radius 1 is 1.03 bits per heavy atom. The number of nitrogens with zero attached hydrogens (tertiary/aromatic N) is 2. The molecule has 3 aromatic rings. The molecular formula is C26H22Cl2FN3O. The first-order valence-electron chi connectivity index (χ1n) is 11.2. The van der Waals surface area contributed by atoms with E-state index in [1.54, 1.807) is 0 Å². The van der Waals surface area contributed by atoms with E-state index < -0.39 is 5.82 Å². The van der Waals surface area contributed by atoms with Crippen LogP contribution >= 0.6 is 23.2 Å². The maximum absolute atomic E-state index is 13.2. The minimum Gasteiger partial charge on any atom is -0.310 e. The largest absolute Gasteiger partial charge is 0.310 e. The summed E-state index contributed by atoms with van der Waals surface area (Å²) < 4.78 is 13.2. The second-order valence-corrected chi connectivity index (χ2v) is 10.0. The number of aromatic nitrogens is 1. The van der Waals surface area contributed by atoms with Gasteiger partial charge < -0.3 is 5.32 Å². The highest BCUT2D eigenvalue weighted by atomic mass is 35.5. The molecule has 1 saturated heterocycles. The van der Waals surface area contributed by atoms with E-state index in [-0.39, 0.29) is 23.3 Å². The van der Waals surface area contributed by atoms with Crippen LogP contribution in [0.25, 0.3) is 0 Å². The van der Waals surface area contributed by atoms with Gasteiger partial charge in [-0.1, -0.05) is 59.6 Å². The predicted octanol–water partition coefficient (Wildman–Crippen LogP) is 6.11. The van der Waals surface area contributed by atoms with Crippen LogP contribution in [0, 0.1) is 17.2 Å². The van der Waals surface area contributed by atoms with Crippen LogP contribution in [0.2, 0.25) is 10.0 Å². The van der Waals surface area contributed by atoms with Gasteiger partial charge in [-0.15, -0.1) is 0 Å². The summed E-state index contributed by atoms with van der Waals surface area (Å²) in [5.41, 5.74) is 2.07. The van der Waals surface area contributed by atoms with Crippen molar-refractivity contribution in [1.82, 2.24) is 9.88 Å². The number of amides is 1. The van der Waals surface area contributed by atoms with Gasteiger partial charge in [0, 0.05) is 33.5 Å². The Labute approximate surface area is 201 Å². The molecular weight excluding hydrogens is 460 g/mol. The van der Waals surface area contributed by atoms with Crippen molar-refractivity contribution >= 4 is 34.9 Å². The lowest BCUT2D eigenvalue weighted by molar-refractivity contribution is -0.302. The molecule has 2 saturated carbocycles. The SMILES string of the molecule is O=C(Nc1ccc(F)cn1)C1CC2N(C(c3ccccc3Cl)c3ccccc3Cl)C3CCC132. The molecule has 2 heterocycles. The highest BCUT2D eigenvalue weighted by molar-refractivity contribution is 6.32. The van der Waals surface area contributed by atoms with Gasteiger partial charge >= 0.3 is 0 Å². The number of benzene rings is 2. The average Bonchev–Trinajstić information content (AvgIpc) is 2.76. The van der Waals surface area contributed by atoms with Gasteiger partial charge in [0.2, 0.25) is 5.91 Å². The molecule has 1 amide bonds. The third-order valence-electron chi connectivity index (χ3n) is 7.91. The number of likely N-dealkylation sites (tertiary alicyclic amines) is 1. The average molecular weight is 482 g/mol. The predicted molar refractivity (Wildman–Crippen MR) is 127 cm³/mol. The topological polar surface area (TPSA) is 45.2 Å². The lowest BCUT2D eigenvalue weighted by Gasteiger charge is -2.80. The van der Waals surface area contributed by atoms with E-state index in [1.165, 1.54) is 12.1 Å². The first-order valence-corrected chi connectivity index (χ1v) is 11.9. The number of nitrogens with one attached hydrogen (secondary N) is 1. The van der Waals surface area contributed by atoms with E-state index in [1.807, 2.05) is 36.4 Å². The molecule has 1 spiro atoms. The molecule has 4 nitrogen and oxygen atoms in total. The molecule has 2 aromatic carbocycles. The number of piperidine rings is 2. The molecule has 3 fully saturated rings. The number of rotatable bonds is 5. The van der Waals surface area contributed by atoms with Crippen molar-refractivity contribution in [2.45, 2.75) is 37.4 Å². The molecule has 168 valence electrons. The number of carbonyl (C=O) groups excluding carboxylic acids is 1. The van der Waals surface area contributed by atoms with Crippen LogP contribution in [0.4, 0.5) is 10.2 Å². The fourth-order valence-corrected chi connectivity index (χ4v) is 6.83. The van der Waals surface area contributed by atoms with Gasteiger partial charge in [0.05, 0.1) is 12.2 Å². The maximum atomic E-state index is 13.2. The number of pyridine rings is 1. The fourth-order valence-electron chi connectivity index (χ4n) is 6.35. The van der Waals surface area contributed by atoms with Crippen molar-refractivity contribution in [1.29, 1.82) is 0 Å². The maximum Gasteiger partial charge on any atom is 0.229 e. The summed E-state index contributed by atoms with van der Waals surface area (Å²) in [6, 6.07) is 19.2. The highest BCUT2D eigenvalue weighted by Crippen LogP contribution is 2.73. The van der Waals surface area contributed by atoms with Crippen molar-refractivity contribution in [2.75, 3.05) is 5.32 Å². The van der Waals surface area contributed by atoms with Crippen LogP contribution in [0.15, 0.2) is 66.9 Å². The van der Waals surface area contributed by atoms with Gasteiger partial charge in [0.15, 0.2) is 0 Å². The number of anilines is 1. The van der Waals surface area contributed by atoms with E-state index in [0.29, 0.717) is 17.9 Å². The zero-order valence-electron chi connectivity index (χ0n) is 17.7. The molecule has 6 rings (SSSR count). The lowest BCUT2D eigenvalue weighted by Crippen LogP contribution is -2.86. The molecule has 0 radical (unpaired) electrons. The van der Waals surface area contributed by atoms with Crippen LogP contribution in [-0.4, -0.2) is 27.9 Å². The van der Waals surface area contributed by atoms with E-state index in [9.17, 15) is 9.18 Å². The Bertz CT molecular complexity index is 1180. The van der Waals surface area contributed by atoms with E-state index in [2.05, 4.69) is 27.3 Å². The van der Waals surface area contributed by atoms with Crippen molar-refractivity contribution in [2.24, 2.45) is 11.3 Å². The Morgan fingerprint density at radius 3 is 2.21 bits per heavy atom. The summed E-state index contributed by atoms with van der Waals surface area (Å²) in [4.78, 5) is 19.6. The Morgan fingerprint density at radius 2 is 1.70 bits per heavy atom. The van der Waals surface area contributed by atoms with Crippen LogP contribution in [0.1, 0.15) is 36.4 Å². The van der Waals surface area contributed by atoms with Crippen molar-refractivity contribution < 1.29 is 9.18 Å². The van der Waals surface area contributed by atoms with Crippen molar-refractivity contribution in [3.8, 4) is 0 Å². The smallest absolute Gasteiger partial charge is 0.229 e. The van der Waals surface area contributed by atoms with E-state index in [4.69, 9.17) is 23.2 Å². The summed E-state index contributed by atoms with van der Waals surface area (Å²) in [6.07, 6.45) is 3.97. The fraction of sp³-hybridized carbons (Fsp3) is 0.308. The monoisotopic (exact) mass is 481 g/mol. The molecule has 4 unspecified atom stereocenters. The van der Waals surface area contributed by atoms with Gasteiger partial charge in [-0.2, -0.15) is 0 Å². The zero-order valence-corrected chi connectivity index (χ0v) is 19.2. The van der Waals surface area contributed by atoms with Crippen molar-refractivity contribution in [3.63, 3.8) is 0 Å². The minimum absolute atomic E-state index is 0.00905. The second kappa shape index (κ2) is 7.79. The molecule has 0 bridgehead atoms.